The summed E-state index contributed by atoms with van der Waals surface area (Å²) in [4.78, 5) is 24.5. The molecule has 1 aromatic heterocycles. The number of benzene rings is 2. The van der Waals surface area contributed by atoms with Crippen LogP contribution in [0.4, 0.5) is 0 Å². The van der Waals surface area contributed by atoms with Gasteiger partial charge in [0.2, 0.25) is 0 Å². The molecular formula is C18H16N2O4. The fourth-order valence-corrected chi connectivity index (χ4v) is 2.33. The second-order valence-electron chi connectivity index (χ2n) is 5.05. The molecule has 0 aliphatic rings. The molecule has 0 amide bonds. The topological polar surface area (TPSA) is 70.4 Å². The lowest BCUT2D eigenvalue weighted by Gasteiger charge is -2.10. The Morgan fingerprint density at radius 3 is 2.58 bits per heavy atom. The van der Waals surface area contributed by atoms with Crippen LogP contribution in [0, 0.1) is 0 Å². The van der Waals surface area contributed by atoms with Crippen LogP contribution in [0.15, 0.2) is 59.5 Å². The van der Waals surface area contributed by atoms with Crippen LogP contribution >= 0.6 is 0 Å². The molecule has 0 unspecified atom stereocenters. The molecule has 0 bridgehead atoms. The SMILES string of the molecule is CCOc1ccccc1OC(=O)Cn1ncc2ccccc2c1=O. The van der Waals surface area contributed by atoms with Crippen LogP contribution in [-0.4, -0.2) is 22.4 Å². The molecule has 0 radical (unpaired) electrons. The molecule has 24 heavy (non-hydrogen) atoms. The maximum absolute atomic E-state index is 12.4. The van der Waals surface area contributed by atoms with Crippen molar-refractivity contribution in [1.29, 1.82) is 0 Å². The summed E-state index contributed by atoms with van der Waals surface area (Å²) in [6, 6.07) is 14.0. The highest BCUT2D eigenvalue weighted by molar-refractivity contribution is 5.80. The first-order valence-electron chi connectivity index (χ1n) is 7.56. The Morgan fingerprint density at radius 2 is 1.79 bits per heavy atom. The van der Waals surface area contributed by atoms with E-state index in [1.165, 1.54) is 0 Å². The number of para-hydroxylation sites is 2. The van der Waals surface area contributed by atoms with Gasteiger partial charge in [0.25, 0.3) is 5.56 Å². The summed E-state index contributed by atoms with van der Waals surface area (Å²) in [7, 11) is 0. The number of ether oxygens (including phenoxy) is 2. The molecule has 3 rings (SSSR count). The van der Waals surface area contributed by atoms with Gasteiger partial charge >= 0.3 is 5.97 Å². The van der Waals surface area contributed by atoms with Gasteiger partial charge in [-0.1, -0.05) is 30.3 Å². The standard InChI is InChI=1S/C18H16N2O4/c1-2-23-15-9-5-6-10-16(15)24-17(21)12-20-18(22)14-8-4-3-7-13(14)11-19-20/h3-11H,2,12H2,1H3. The van der Waals surface area contributed by atoms with E-state index in [1.54, 1.807) is 48.7 Å². The fourth-order valence-electron chi connectivity index (χ4n) is 2.33. The molecule has 0 spiro atoms. The Balaban J connectivity index is 1.81. The predicted molar refractivity (Wildman–Crippen MR) is 89.2 cm³/mol. The predicted octanol–water partition coefficient (Wildman–Crippen LogP) is 2.40. The quantitative estimate of drug-likeness (QED) is 0.532. The van der Waals surface area contributed by atoms with Crippen LogP contribution in [0.1, 0.15) is 6.92 Å². The third kappa shape index (κ3) is 3.27. The number of esters is 1. The molecular weight excluding hydrogens is 308 g/mol. The van der Waals surface area contributed by atoms with Gasteiger partial charge in [-0.3, -0.25) is 4.79 Å². The highest BCUT2D eigenvalue weighted by atomic mass is 16.6. The summed E-state index contributed by atoms with van der Waals surface area (Å²) < 4.78 is 11.8. The van der Waals surface area contributed by atoms with E-state index in [1.807, 2.05) is 13.0 Å². The molecule has 0 fully saturated rings. The number of carbonyl (C=O) groups excluding carboxylic acids is 1. The highest BCUT2D eigenvalue weighted by Crippen LogP contribution is 2.26. The minimum Gasteiger partial charge on any atom is -0.490 e. The van der Waals surface area contributed by atoms with Gasteiger partial charge in [-0.2, -0.15) is 5.10 Å². The normalized spacial score (nSPS) is 10.5. The average molecular weight is 324 g/mol. The van der Waals surface area contributed by atoms with Gasteiger partial charge in [-0.25, -0.2) is 9.48 Å². The summed E-state index contributed by atoms with van der Waals surface area (Å²) in [6.45, 7) is 2.03. The lowest BCUT2D eigenvalue weighted by molar-refractivity contribution is -0.135. The van der Waals surface area contributed by atoms with Gasteiger partial charge < -0.3 is 9.47 Å². The molecule has 6 nitrogen and oxygen atoms in total. The summed E-state index contributed by atoms with van der Waals surface area (Å²) in [5, 5.41) is 5.26. The van der Waals surface area contributed by atoms with Crippen molar-refractivity contribution in [3.05, 3.63) is 65.1 Å². The number of hydrogen-bond acceptors (Lipinski definition) is 5. The van der Waals surface area contributed by atoms with Crippen molar-refractivity contribution in [3.63, 3.8) is 0 Å². The summed E-state index contributed by atoms with van der Waals surface area (Å²) in [5.41, 5.74) is -0.330. The Morgan fingerprint density at radius 1 is 1.08 bits per heavy atom. The zero-order valence-corrected chi connectivity index (χ0v) is 13.1. The molecule has 2 aromatic carbocycles. The minimum absolute atomic E-state index is 0.274. The molecule has 3 aromatic rings. The number of nitrogens with zero attached hydrogens (tertiary/aromatic N) is 2. The van der Waals surface area contributed by atoms with E-state index >= 15 is 0 Å². The van der Waals surface area contributed by atoms with E-state index in [-0.39, 0.29) is 12.1 Å². The van der Waals surface area contributed by atoms with Crippen molar-refractivity contribution >= 4 is 16.7 Å². The summed E-state index contributed by atoms with van der Waals surface area (Å²) >= 11 is 0. The van der Waals surface area contributed by atoms with Crippen LogP contribution < -0.4 is 15.0 Å². The largest absolute Gasteiger partial charge is 0.490 e. The lowest BCUT2D eigenvalue weighted by Crippen LogP contribution is -2.28. The van der Waals surface area contributed by atoms with Gasteiger partial charge in [0.15, 0.2) is 11.5 Å². The van der Waals surface area contributed by atoms with Crippen molar-refractivity contribution in [2.45, 2.75) is 13.5 Å². The number of carbonyl (C=O) groups is 1. The molecule has 6 heteroatoms. The Bertz CT molecular complexity index is 933. The van der Waals surface area contributed by atoms with Crippen molar-refractivity contribution in [2.24, 2.45) is 0 Å². The monoisotopic (exact) mass is 324 g/mol. The summed E-state index contributed by atoms with van der Waals surface area (Å²) in [6.07, 6.45) is 1.55. The van der Waals surface area contributed by atoms with Crippen molar-refractivity contribution in [1.82, 2.24) is 9.78 Å². The second-order valence-corrected chi connectivity index (χ2v) is 5.05. The number of hydrogen-bond donors (Lipinski definition) is 0. The maximum Gasteiger partial charge on any atom is 0.333 e. The van der Waals surface area contributed by atoms with E-state index in [4.69, 9.17) is 9.47 Å². The second kappa shape index (κ2) is 6.95. The van der Waals surface area contributed by atoms with Crippen molar-refractivity contribution < 1.29 is 14.3 Å². The molecule has 0 saturated carbocycles. The lowest BCUT2D eigenvalue weighted by atomic mass is 10.2. The number of fused-ring (bicyclic) bond motifs is 1. The van der Waals surface area contributed by atoms with Gasteiger partial charge in [0.1, 0.15) is 6.54 Å². The van der Waals surface area contributed by atoms with E-state index in [9.17, 15) is 9.59 Å². The van der Waals surface area contributed by atoms with Gasteiger partial charge in [-0.05, 0) is 25.1 Å². The van der Waals surface area contributed by atoms with E-state index in [2.05, 4.69) is 5.10 Å². The fraction of sp³-hybridized carbons (Fsp3) is 0.167. The zero-order chi connectivity index (χ0) is 16.9. The highest BCUT2D eigenvalue weighted by Gasteiger charge is 2.13. The summed E-state index contributed by atoms with van der Waals surface area (Å²) in [5.74, 6) is 0.206. The van der Waals surface area contributed by atoms with E-state index < -0.39 is 5.97 Å². The van der Waals surface area contributed by atoms with Crippen LogP contribution in [0.25, 0.3) is 10.8 Å². The average Bonchev–Trinajstić information content (AvgIpc) is 2.60. The van der Waals surface area contributed by atoms with Crippen LogP contribution in [0.5, 0.6) is 11.5 Å². The van der Waals surface area contributed by atoms with Crippen molar-refractivity contribution in [3.8, 4) is 11.5 Å². The maximum atomic E-state index is 12.4. The minimum atomic E-state index is -0.591. The molecule has 122 valence electrons. The van der Waals surface area contributed by atoms with Crippen LogP contribution in [-0.2, 0) is 11.3 Å². The van der Waals surface area contributed by atoms with Crippen molar-refractivity contribution in [2.75, 3.05) is 6.61 Å². The Hall–Kier alpha value is -3.15. The van der Waals surface area contributed by atoms with E-state index in [0.29, 0.717) is 23.5 Å². The first-order chi connectivity index (χ1) is 11.7. The first kappa shape index (κ1) is 15.7. The smallest absolute Gasteiger partial charge is 0.333 e. The van der Waals surface area contributed by atoms with E-state index in [0.717, 1.165) is 10.1 Å². The molecule has 0 N–H and O–H groups in total. The molecule has 0 saturated heterocycles. The zero-order valence-electron chi connectivity index (χ0n) is 13.1. The van der Waals surface area contributed by atoms with Gasteiger partial charge in [-0.15, -0.1) is 0 Å². The van der Waals surface area contributed by atoms with Crippen LogP contribution in [0.3, 0.4) is 0 Å². The first-order valence-corrected chi connectivity index (χ1v) is 7.56. The molecule has 0 aliphatic carbocycles. The number of rotatable bonds is 5. The molecule has 0 atom stereocenters. The molecule has 1 heterocycles. The Kier molecular flexibility index (Phi) is 4.56. The molecule has 0 aliphatic heterocycles. The third-order valence-electron chi connectivity index (χ3n) is 3.41. The van der Waals surface area contributed by atoms with Gasteiger partial charge in [0.05, 0.1) is 18.2 Å². The van der Waals surface area contributed by atoms with Gasteiger partial charge in [0, 0.05) is 5.39 Å². The Labute approximate surface area is 138 Å². The van der Waals surface area contributed by atoms with Crippen LogP contribution in [0.2, 0.25) is 0 Å². The number of aromatic nitrogens is 2. The third-order valence-corrected chi connectivity index (χ3v) is 3.41.